The zero-order valence-corrected chi connectivity index (χ0v) is 11.7. The second-order valence-electron chi connectivity index (χ2n) is 4.02. The van der Waals surface area contributed by atoms with Gasteiger partial charge in [-0.05, 0) is 34.0 Å². The number of aliphatic carboxylic acids is 1. The molecule has 2 N–H and O–H groups in total. The quantitative estimate of drug-likeness (QED) is 0.841. The number of benzene rings is 1. The normalized spacial score (nSPS) is 12.5. The number of halogens is 1. The van der Waals surface area contributed by atoms with Crippen LogP contribution in [0.5, 0.6) is 0 Å². The molecule has 0 aliphatic carbocycles. The second-order valence-corrected chi connectivity index (χ2v) is 4.87. The van der Waals surface area contributed by atoms with E-state index < -0.39 is 12.0 Å². The number of carboxylic acid groups (broad SMARTS) is 1. The Labute approximate surface area is 110 Å². The summed E-state index contributed by atoms with van der Waals surface area (Å²) >= 11 is 3.41. The highest BCUT2D eigenvalue weighted by Gasteiger charge is 2.25. The molecule has 4 heteroatoms. The molecule has 1 unspecified atom stereocenters. The molecular weight excluding hydrogens is 282 g/mol. The zero-order valence-electron chi connectivity index (χ0n) is 10.1. The summed E-state index contributed by atoms with van der Waals surface area (Å²) in [6, 6.07) is 7.03. The third-order valence-electron chi connectivity index (χ3n) is 2.97. The van der Waals surface area contributed by atoms with Crippen LogP contribution in [-0.4, -0.2) is 17.1 Å². The number of nitrogens with one attached hydrogen (secondary N) is 1. The number of carboxylic acids is 1. The molecule has 1 rings (SSSR count). The van der Waals surface area contributed by atoms with Crippen LogP contribution in [0.25, 0.3) is 0 Å². The fourth-order valence-electron chi connectivity index (χ4n) is 1.89. The summed E-state index contributed by atoms with van der Waals surface area (Å²) in [6.45, 7) is 4.04. The Hall–Kier alpha value is -1.03. The number of para-hydroxylation sites is 1. The Kier molecular flexibility index (Phi) is 5.48. The molecule has 0 radical (unpaired) electrons. The molecule has 0 aromatic heterocycles. The van der Waals surface area contributed by atoms with Crippen LogP contribution in [0.3, 0.4) is 0 Å². The molecule has 1 aromatic rings. The minimum absolute atomic E-state index is 0.139. The van der Waals surface area contributed by atoms with E-state index in [2.05, 4.69) is 21.2 Å². The van der Waals surface area contributed by atoms with Gasteiger partial charge in [0.2, 0.25) is 0 Å². The average molecular weight is 300 g/mol. The molecule has 1 atom stereocenters. The van der Waals surface area contributed by atoms with Crippen molar-refractivity contribution in [3.8, 4) is 0 Å². The van der Waals surface area contributed by atoms with E-state index in [1.165, 1.54) is 0 Å². The summed E-state index contributed by atoms with van der Waals surface area (Å²) in [7, 11) is 0. The van der Waals surface area contributed by atoms with Crippen molar-refractivity contribution in [1.29, 1.82) is 0 Å². The van der Waals surface area contributed by atoms with Crippen molar-refractivity contribution >= 4 is 27.6 Å². The molecule has 94 valence electrons. The topological polar surface area (TPSA) is 49.3 Å². The van der Waals surface area contributed by atoms with Crippen molar-refractivity contribution in [2.45, 2.75) is 32.7 Å². The summed E-state index contributed by atoms with van der Waals surface area (Å²) in [4.78, 5) is 11.3. The first kappa shape index (κ1) is 14.0. The molecule has 0 amide bonds. The fraction of sp³-hybridized carbons (Fsp3) is 0.462. The number of hydrogen-bond acceptors (Lipinski definition) is 2. The van der Waals surface area contributed by atoms with E-state index >= 15 is 0 Å². The monoisotopic (exact) mass is 299 g/mol. The molecule has 0 saturated heterocycles. The van der Waals surface area contributed by atoms with Crippen molar-refractivity contribution in [2.24, 2.45) is 5.92 Å². The maximum Gasteiger partial charge on any atom is 0.326 e. The van der Waals surface area contributed by atoms with E-state index in [4.69, 9.17) is 0 Å². The highest BCUT2D eigenvalue weighted by molar-refractivity contribution is 9.10. The molecular formula is C13H18BrNO2. The van der Waals surface area contributed by atoms with Gasteiger partial charge in [-0.15, -0.1) is 0 Å². The predicted octanol–water partition coefficient (Wildman–Crippen LogP) is 3.75. The van der Waals surface area contributed by atoms with E-state index in [9.17, 15) is 9.90 Å². The first-order valence-electron chi connectivity index (χ1n) is 5.84. The Morgan fingerprint density at radius 2 is 1.94 bits per heavy atom. The van der Waals surface area contributed by atoms with Crippen molar-refractivity contribution in [2.75, 3.05) is 5.32 Å². The first-order chi connectivity index (χ1) is 8.10. The summed E-state index contributed by atoms with van der Waals surface area (Å²) in [6.07, 6.45) is 1.70. The molecule has 0 aliphatic rings. The molecule has 17 heavy (non-hydrogen) atoms. The minimum atomic E-state index is -0.797. The van der Waals surface area contributed by atoms with Crippen LogP contribution in [0, 0.1) is 5.92 Å². The molecule has 0 spiro atoms. The lowest BCUT2D eigenvalue weighted by Crippen LogP contribution is -2.36. The second kappa shape index (κ2) is 6.64. The number of rotatable bonds is 6. The SMILES string of the molecule is CCC(CC)C(Nc1ccccc1Br)C(=O)O. The van der Waals surface area contributed by atoms with Crippen LogP contribution in [0.15, 0.2) is 28.7 Å². The minimum Gasteiger partial charge on any atom is -0.480 e. The molecule has 0 heterocycles. The Morgan fingerprint density at radius 3 is 2.41 bits per heavy atom. The van der Waals surface area contributed by atoms with E-state index in [1.807, 2.05) is 38.1 Å². The van der Waals surface area contributed by atoms with E-state index in [1.54, 1.807) is 0 Å². The van der Waals surface area contributed by atoms with Crippen LogP contribution < -0.4 is 5.32 Å². The number of hydrogen-bond donors (Lipinski definition) is 2. The Balaban J connectivity index is 2.87. The van der Waals surface area contributed by atoms with Crippen LogP contribution >= 0.6 is 15.9 Å². The zero-order chi connectivity index (χ0) is 12.8. The number of anilines is 1. The van der Waals surface area contributed by atoms with Gasteiger partial charge in [0.25, 0.3) is 0 Å². The third kappa shape index (κ3) is 3.73. The van der Waals surface area contributed by atoms with Crippen LogP contribution in [0.2, 0.25) is 0 Å². The number of carbonyl (C=O) groups is 1. The smallest absolute Gasteiger partial charge is 0.326 e. The molecule has 1 aromatic carbocycles. The highest BCUT2D eigenvalue weighted by atomic mass is 79.9. The van der Waals surface area contributed by atoms with Crippen LogP contribution in [-0.2, 0) is 4.79 Å². The fourth-order valence-corrected chi connectivity index (χ4v) is 2.29. The predicted molar refractivity (Wildman–Crippen MR) is 73.3 cm³/mol. The summed E-state index contributed by atoms with van der Waals surface area (Å²) in [5.74, 6) is -0.658. The largest absolute Gasteiger partial charge is 0.480 e. The van der Waals surface area contributed by atoms with Crippen molar-refractivity contribution in [3.05, 3.63) is 28.7 Å². The standard InChI is InChI=1S/C13H18BrNO2/c1-3-9(4-2)12(13(16)17)15-11-8-6-5-7-10(11)14/h5-9,12,15H,3-4H2,1-2H3,(H,16,17). The van der Waals surface area contributed by atoms with Crippen LogP contribution in [0.1, 0.15) is 26.7 Å². The molecule has 3 nitrogen and oxygen atoms in total. The van der Waals surface area contributed by atoms with Crippen molar-refractivity contribution in [1.82, 2.24) is 0 Å². The van der Waals surface area contributed by atoms with Gasteiger partial charge in [0.05, 0.1) is 0 Å². The van der Waals surface area contributed by atoms with E-state index in [0.29, 0.717) is 0 Å². The van der Waals surface area contributed by atoms with Crippen molar-refractivity contribution in [3.63, 3.8) is 0 Å². The van der Waals surface area contributed by atoms with Gasteiger partial charge in [-0.25, -0.2) is 4.79 Å². The molecule has 0 fully saturated rings. The molecule has 0 aliphatic heterocycles. The molecule has 0 saturated carbocycles. The van der Waals surface area contributed by atoms with Crippen molar-refractivity contribution < 1.29 is 9.90 Å². The Morgan fingerprint density at radius 1 is 1.35 bits per heavy atom. The lowest BCUT2D eigenvalue weighted by Gasteiger charge is -2.24. The third-order valence-corrected chi connectivity index (χ3v) is 3.66. The summed E-state index contributed by atoms with van der Waals surface area (Å²) in [5.41, 5.74) is 0.826. The summed E-state index contributed by atoms with van der Waals surface area (Å²) < 4.78 is 0.886. The van der Waals surface area contributed by atoms with Gasteiger partial charge < -0.3 is 10.4 Å². The first-order valence-corrected chi connectivity index (χ1v) is 6.63. The highest BCUT2D eigenvalue weighted by Crippen LogP contribution is 2.25. The van der Waals surface area contributed by atoms with Gasteiger partial charge in [0.15, 0.2) is 0 Å². The van der Waals surface area contributed by atoms with E-state index in [-0.39, 0.29) is 5.92 Å². The van der Waals surface area contributed by atoms with E-state index in [0.717, 1.165) is 23.0 Å². The Bertz CT molecular complexity index is 377. The average Bonchev–Trinajstić information content (AvgIpc) is 2.31. The van der Waals surface area contributed by atoms with Gasteiger partial charge >= 0.3 is 5.97 Å². The van der Waals surface area contributed by atoms with Gasteiger partial charge in [-0.2, -0.15) is 0 Å². The van der Waals surface area contributed by atoms with Gasteiger partial charge in [0, 0.05) is 10.2 Å². The lowest BCUT2D eigenvalue weighted by molar-refractivity contribution is -0.139. The maximum absolute atomic E-state index is 11.3. The summed E-state index contributed by atoms with van der Waals surface area (Å²) in [5, 5.41) is 12.4. The van der Waals surface area contributed by atoms with Gasteiger partial charge in [-0.3, -0.25) is 0 Å². The molecule has 0 bridgehead atoms. The lowest BCUT2D eigenvalue weighted by atomic mass is 9.94. The van der Waals surface area contributed by atoms with Gasteiger partial charge in [-0.1, -0.05) is 38.8 Å². The van der Waals surface area contributed by atoms with Crippen LogP contribution in [0.4, 0.5) is 5.69 Å². The van der Waals surface area contributed by atoms with Gasteiger partial charge in [0.1, 0.15) is 6.04 Å². The maximum atomic E-state index is 11.3.